The summed E-state index contributed by atoms with van der Waals surface area (Å²) >= 11 is 0. The highest BCUT2D eigenvalue weighted by atomic mass is 19.4. The molecule has 0 aromatic rings. The Balaban J connectivity index is 0. The number of carboxylic acid groups (broad SMARTS) is 2. The molecule has 0 saturated carbocycles. The van der Waals surface area contributed by atoms with Gasteiger partial charge in [0.2, 0.25) is 5.91 Å². The molecule has 0 radical (unpaired) electrons. The highest BCUT2D eigenvalue weighted by Crippen LogP contribution is 2.13. The van der Waals surface area contributed by atoms with Gasteiger partial charge in [-0.25, -0.2) is 9.59 Å². The van der Waals surface area contributed by atoms with E-state index < -0.39 is 18.2 Å². The number of nitrogens with zero attached hydrogens (tertiary/aromatic N) is 1. The minimum Gasteiger partial charge on any atom is -0.475 e. The molecule has 0 heterocycles. The fourth-order valence-corrected chi connectivity index (χ4v) is 1.50. The van der Waals surface area contributed by atoms with Crippen molar-refractivity contribution < 1.29 is 42.5 Å². The van der Waals surface area contributed by atoms with E-state index in [1.807, 2.05) is 14.1 Å². The Morgan fingerprint density at radius 2 is 1.44 bits per heavy atom. The largest absolute Gasteiger partial charge is 0.490 e. The summed E-state index contributed by atoms with van der Waals surface area (Å²) in [5, 5.41) is 23.7. The Hall–Kier alpha value is -2.12. The van der Waals surface area contributed by atoms with Crippen molar-refractivity contribution in [2.24, 2.45) is 0 Å². The fraction of sp³-hybridized carbons (Fsp3) is 0.786. The zero-order valence-corrected chi connectivity index (χ0v) is 15.3. The summed E-state index contributed by atoms with van der Waals surface area (Å²) in [6.45, 7) is 3.63. The van der Waals surface area contributed by atoms with Gasteiger partial charge in [0.05, 0.1) is 19.6 Å². The molecule has 0 saturated heterocycles. The van der Waals surface area contributed by atoms with Crippen LogP contribution in [0.15, 0.2) is 0 Å². The van der Waals surface area contributed by atoms with Gasteiger partial charge in [0.15, 0.2) is 0 Å². The van der Waals surface area contributed by atoms with Crippen molar-refractivity contribution in [3.8, 4) is 0 Å². The van der Waals surface area contributed by atoms with E-state index in [2.05, 4.69) is 16.0 Å². The van der Waals surface area contributed by atoms with Gasteiger partial charge in [-0.2, -0.15) is 13.2 Å². The topological polar surface area (TPSA) is 140 Å². The third-order valence-corrected chi connectivity index (χ3v) is 2.84. The minimum absolute atomic E-state index is 0.0432. The lowest BCUT2D eigenvalue weighted by molar-refractivity contribution is -0.192. The monoisotopic (exact) mass is 404 g/mol. The normalized spacial score (nSPS) is 10.6. The molecule has 5 N–H and O–H groups in total. The molecule has 0 fully saturated rings. The molecule has 0 aliphatic rings. The van der Waals surface area contributed by atoms with Crippen LogP contribution < -0.4 is 16.0 Å². The Kier molecular flexibility index (Phi) is 16.1. The average Bonchev–Trinajstić information content (AvgIpc) is 2.57. The summed E-state index contributed by atoms with van der Waals surface area (Å²) in [5.74, 6) is -2.71. The van der Waals surface area contributed by atoms with Crippen molar-refractivity contribution >= 4 is 18.0 Å². The number of aliphatic carboxylic acids is 1. The third kappa shape index (κ3) is 18.5. The minimum atomic E-state index is -5.08. The number of likely N-dealkylation sites (N-methyl/N-ethyl adjacent to an activating group) is 2. The molecule has 0 unspecified atom stereocenters. The number of hydrogen-bond acceptors (Lipinski definition) is 6. The molecule has 0 spiro atoms. The lowest BCUT2D eigenvalue weighted by atomic mass is 10.3. The van der Waals surface area contributed by atoms with Crippen LogP contribution in [0.1, 0.15) is 6.42 Å². The molecular formula is C14H27F3N4O6. The fourth-order valence-electron chi connectivity index (χ4n) is 1.50. The van der Waals surface area contributed by atoms with Gasteiger partial charge in [-0.05, 0) is 14.1 Å². The van der Waals surface area contributed by atoms with Gasteiger partial charge < -0.3 is 35.8 Å². The molecule has 0 aliphatic heterocycles. The smallest absolute Gasteiger partial charge is 0.475 e. The quantitative estimate of drug-likeness (QED) is 0.276. The number of alkyl halides is 3. The first-order chi connectivity index (χ1) is 12.6. The Bertz CT molecular complexity index is 430. The Morgan fingerprint density at radius 3 is 1.81 bits per heavy atom. The van der Waals surface area contributed by atoms with Gasteiger partial charge >= 0.3 is 18.2 Å². The predicted molar refractivity (Wildman–Crippen MR) is 89.6 cm³/mol. The van der Waals surface area contributed by atoms with Crippen molar-refractivity contribution in [2.45, 2.75) is 12.6 Å². The molecule has 13 heteroatoms. The van der Waals surface area contributed by atoms with Crippen molar-refractivity contribution in [1.82, 2.24) is 20.9 Å². The van der Waals surface area contributed by atoms with E-state index in [0.29, 0.717) is 26.1 Å². The molecule has 0 atom stereocenters. The molecule has 2 amide bonds. The van der Waals surface area contributed by atoms with Crippen LogP contribution in [0.25, 0.3) is 0 Å². The van der Waals surface area contributed by atoms with E-state index in [-0.39, 0.29) is 19.1 Å². The number of rotatable bonds is 12. The number of nitrogens with one attached hydrogen (secondary N) is 3. The maximum atomic E-state index is 12.0. The molecule has 0 aromatic carbocycles. The highest BCUT2D eigenvalue weighted by Gasteiger charge is 2.38. The Labute approximate surface area is 155 Å². The van der Waals surface area contributed by atoms with E-state index in [4.69, 9.17) is 19.7 Å². The molecule has 27 heavy (non-hydrogen) atoms. The Morgan fingerprint density at radius 1 is 0.963 bits per heavy atom. The lowest BCUT2D eigenvalue weighted by Crippen LogP contribution is -2.40. The molecular weight excluding hydrogens is 377 g/mol. The number of carbonyl (C=O) groups excluding carboxylic acids is 1. The van der Waals surface area contributed by atoms with Crippen LogP contribution in [-0.2, 0) is 14.3 Å². The maximum absolute atomic E-state index is 12.0. The molecule has 0 bridgehead atoms. The summed E-state index contributed by atoms with van der Waals surface area (Å²) in [5.41, 5.74) is 0. The number of amides is 2. The SMILES string of the molecule is CNCCN(CCNC)C(=O)CCOCCNC(=O)O.O=C(O)C(F)(F)F. The number of halogens is 3. The van der Waals surface area contributed by atoms with Crippen LogP contribution in [0, 0.1) is 0 Å². The zero-order chi connectivity index (χ0) is 21.3. The van der Waals surface area contributed by atoms with E-state index >= 15 is 0 Å². The first-order valence-corrected chi connectivity index (χ1v) is 7.97. The summed E-state index contributed by atoms with van der Waals surface area (Å²) in [4.78, 5) is 32.8. The number of carbonyl (C=O) groups is 3. The molecule has 160 valence electrons. The molecule has 10 nitrogen and oxygen atoms in total. The van der Waals surface area contributed by atoms with Gasteiger partial charge in [-0.3, -0.25) is 4.79 Å². The van der Waals surface area contributed by atoms with Crippen LogP contribution in [-0.4, -0.2) is 99.3 Å². The summed E-state index contributed by atoms with van der Waals surface area (Å²) in [6, 6.07) is 0. The van der Waals surface area contributed by atoms with E-state index in [1.54, 1.807) is 4.90 Å². The van der Waals surface area contributed by atoms with Gasteiger partial charge in [-0.15, -0.1) is 0 Å². The van der Waals surface area contributed by atoms with Crippen molar-refractivity contribution in [3.05, 3.63) is 0 Å². The maximum Gasteiger partial charge on any atom is 0.490 e. The van der Waals surface area contributed by atoms with Crippen LogP contribution in [0.5, 0.6) is 0 Å². The van der Waals surface area contributed by atoms with Gasteiger partial charge in [0.1, 0.15) is 0 Å². The average molecular weight is 404 g/mol. The summed E-state index contributed by atoms with van der Waals surface area (Å²) in [7, 11) is 3.69. The highest BCUT2D eigenvalue weighted by molar-refractivity contribution is 5.76. The van der Waals surface area contributed by atoms with Crippen molar-refractivity contribution in [2.75, 3.05) is 60.0 Å². The second-order valence-electron chi connectivity index (χ2n) is 4.99. The van der Waals surface area contributed by atoms with Crippen LogP contribution in [0.2, 0.25) is 0 Å². The second-order valence-corrected chi connectivity index (χ2v) is 4.99. The van der Waals surface area contributed by atoms with Crippen LogP contribution in [0.4, 0.5) is 18.0 Å². The van der Waals surface area contributed by atoms with E-state index in [1.165, 1.54) is 0 Å². The molecule has 0 rings (SSSR count). The molecule has 0 aliphatic carbocycles. The predicted octanol–water partition coefficient (Wildman–Crippen LogP) is -0.439. The number of ether oxygens (including phenoxy) is 1. The number of carboxylic acids is 1. The van der Waals surface area contributed by atoms with E-state index in [0.717, 1.165) is 13.1 Å². The standard InChI is InChI=1S/C12H26N4O4.C2HF3O2/c1-13-4-7-16(8-5-14-2)11(17)3-9-20-10-6-15-12(18)19;3-2(4,5)1(6)7/h13-15H,3-10H2,1-2H3,(H,18,19);(H,6,7). The zero-order valence-electron chi connectivity index (χ0n) is 15.3. The van der Waals surface area contributed by atoms with Crippen LogP contribution >= 0.6 is 0 Å². The third-order valence-electron chi connectivity index (χ3n) is 2.84. The molecule has 0 aromatic heterocycles. The van der Waals surface area contributed by atoms with E-state index in [9.17, 15) is 22.8 Å². The first-order valence-electron chi connectivity index (χ1n) is 7.97. The number of hydrogen-bond donors (Lipinski definition) is 5. The van der Waals surface area contributed by atoms with Crippen molar-refractivity contribution in [3.63, 3.8) is 0 Å². The van der Waals surface area contributed by atoms with Gasteiger partial charge in [0, 0.05) is 32.7 Å². The summed E-state index contributed by atoms with van der Waals surface area (Å²) in [6.07, 6.45) is -5.85. The van der Waals surface area contributed by atoms with Crippen LogP contribution in [0.3, 0.4) is 0 Å². The second kappa shape index (κ2) is 16.1. The first kappa shape index (κ1) is 27.1. The van der Waals surface area contributed by atoms with Gasteiger partial charge in [-0.1, -0.05) is 0 Å². The summed E-state index contributed by atoms with van der Waals surface area (Å²) < 4.78 is 36.9. The van der Waals surface area contributed by atoms with Crippen molar-refractivity contribution in [1.29, 1.82) is 0 Å². The lowest BCUT2D eigenvalue weighted by Gasteiger charge is -2.22. The van der Waals surface area contributed by atoms with Gasteiger partial charge in [0.25, 0.3) is 0 Å².